The van der Waals surface area contributed by atoms with Crippen LogP contribution in [0.5, 0.6) is 0 Å². The molecule has 0 radical (unpaired) electrons. The molecule has 0 aromatic carbocycles. The molecule has 0 heterocycles. The van der Waals surface area contributed by atoms with Crippen molar-refractivity contribution >= 4 is 39.9 Å². The van der Waals surface area contributed by atoms with Crippen molar-refractivity contribution in [3.8, 4) is 0 Å². The molecule has 1 unspecified atom stereocenters. The van der Waals surface area contributed by atoms with E-state index in [0.29, 0.717) is 26.0 Å². The minimum Gasteiger partial charge on any atom is -0.466 e. The minimum atomic E-state index is -0.105. The maximum Gasteiger partial charge on any atom is 0.305 e. The highest BCUT2D eigenvalue weighted by Gasteiger charge is 2.04. The molecular formula is C22H46Br2N2O2. The van der Waals surface area contributed by atoms with Gasteiger partial charge in [-0.2, -0.15) is 0 Å². The smallest absolute Gasteiger partial charge is 0.305 e. The van der Waals surface area contributed by atoms with Crippen molar-refractivity contribution in [3.05, 3.63) is 12.2 Å². The zero-order chi connectivity index (χ0) is 19.3. The number of halogens is 2. The van der Waals surface area contributed by atoms with Crippen LogP contribution in [-0.2, 0) is 9.53 Å². The van der Waals surface area contributed by atoms with Crippen LogP contribution in [0.2, 0.25) is 0 Å². The molecule has 4 nitrogen and oxygen atoms in total. The van der Waals surface area contributed by atoms with Crippen molar-refractivity contribution in [3.63, 3.8) is 0 Å². The van der Waals surface area contributed by atoms with Crippen molar-refractivity contribution in [2.45, 2.75) is 109 Å². The summed E-state index contributed by atoms with van der Waals surface area (Å²) in [5, 5.41) is 0. The number of carbonyl (C=O) groups excluding carboxylic acids is 1. The molecule has 0 fully saturated rings. The van der Waals surface area contributed by atoms with Crippen molar-refractivity contribution in [2.24, 2.45) is 11.5 Å². The number of carbonyl (C=O) groups is 1. The lowest BCUT2D eigenvalue weighted by Gasteiger charge is -2.09. The van der Waals surface area contributed by atoms with Gasteiger partial charge in [0, 0.05) is 19.0 Å². The molecule has 0 aromatic heterocycles. The second kappa shape index (κ2) is 27.1. The monoisotopic (exact) mass is 528 g/mol. The van der Waals surface area contributed by atoms with Crippen LogP contribution in [0.4, 0.5) is 0 Å². The Kier molecular flexibility index (Phi) is 31.7. The average molecular weight is 530 g/mol. The van der Waals surface area contributed by atoms with Gasteiger partial charge >= 0.3 is 5.97 Å². The van der Waals surface area contributed by atoms with E-state index in [1.165, 1.54) is 70.6 Å². The number of esters is 1. The number of allylic oxidation sites excluding steroid dienone is 2. The molecule has 0 spiro atoms. The van der Waals surface area contributed by atoms with E-state index in [1.54, 1.807) is 0 Å². The summed E-state index contributed by atoms with van der Waals surface area (Å²) in [4.78, 5) is 11.5. The van der Waals surface area contributed by atoms with Gasteiger partial charge in [0.15, 0.2) is 0 Å². The van der Waals surface area contributed by atoms with E-state index < -0.39 is 0 Å². The summed E-state index contributed by atoms with van der Waals surface area (Å²) in [5.41, 5.74) is 11.1. The molecule has 0 saturated carbocycles. The maximum absolute atomic E-state index is 11.5. The summed E-state index contributed by atoms with van der Waals surface area (Å²) >= 11 is 0. The van der Waals surface area contributed by atoms with E-state index in [0.717, 1.165) is 12.8 Å². The zero-order valence-electron chi connectivity index (χ0n) is 18.0. The Morgan fingerprint density at radius 2 is 1.36 bits per heavy atom. The van der Waals surface area contributed by atoms with Crippen LogP contribution < -0.4 is 11.5 Å². The Bertz CT molecular complexity index is 342. The molecule has 0 aliphatic carbocycles. The van der Waals surface area contributed by atoms with Crippen molar-refractivity contribution in [1.29, 1.82) is 0 Å². The predicted octanol–water partition coefficient (Wildman–Crippen LogP) is 6.40. The van der Waals surface area contributed by atoms with Crippen LogP contribution >= 0.6 is 34.0 Å². The summed E-state index contributed by atoms with van der Waals surface area (Å²) in [7, 11) is 0. The minimum absolute atomic E-state index is 0. The van der Waals surface area contributed by atoms with Gasteiger partial charge in [-0.05, 0) is 38.5 Å². The number of rotatable bonds is 19. The lowest BCUT2D eigenvalue weighted by Crippen LogP contribution is -2.31. The first kappa shape index (κ1) is 32.7. The largest absolute Gasteiger partial charge is 0.466 e. The van der Waals surface area contributed by atoms with Crippen LogP contribution in [0.1, 0.15) is 103 Å². The summed E-state index contributed by atoms with van der Waals surface area (Å²) in [5.74, 6) is -0.105. The van der Waals surface area contributed by atoms with E-state index in [1.807, 2.05) is 0 Å². The first-order valence-corrected chi connectivity index (χ1v) is 11.0. The molecule has 0 rings (SSSR count). The number of nitrogens with two attached hydrogens (primary N) is 2. The molecule has 4 N–H and O–H groups in total. The van der Waals surface area contributed by atoms with Crippen LogP contribution in [0.25, 0.3) is 0 Å². The second-order valence-electron chi connectivity index (χ2n) is 7.34. The van der Waals surface area contributed by atoms with Gasteiger partial charge in [-0.15, -0.1) is 34.0 Å². The lowest BCUT2D eigenvalue weighted by atomic mass is 10.1. The van der Waals surface area contributed by atoms with Gasteiger partial charge < -0.3 is 16.2 Å². The fourth-order valence-corrected chi connectivity index (χ4v) is 2.85. The highest BCUT2D eigenvalue weighted by Crippen LogP contribution is 2.10. The molecule has 0 saturated heterocycles. The molecule has 0 bridgehead atoms. The third-order valence-corrected chi connectivity index (χ3v) is 4.70. The highest BCUT2D eigenvalue weighted by molar-refractivity contribution is 8.93. The first-order valence-electron chi connectivity index (χ1n) is 11.0. The average Bonchev–Trinajstić information content (AvgIpc) is 2.64. The fraction of sp³-hybridized carbons (Fsp3) is 0.864. The Morgan fingerprint density at radius 3 is 1.89 bits per heavy atom. The Balaban J connectivity index is -0.00000312. The summed E-state index contributed by atoms with van der Waals surface area (Å²) in [6, 6.07) is -0.0670. The molecule has 0 aliphatic rings. The van der Waals surface area contributed by atoms with Crippen molar-refractivity contribution in [2.75, 3.05) is 13.2 Å². The van der Waals surface area contributed by atoms with Crippen LogP contribution in [-0.4, -0.2) is 25.2 Å². The van der Waals surface area contributed by atoms with Crippen LogP contribution in [0.15, 0.2) is 12.2 Å². The summed E-state index contributed by atoms with van der Waals surface area (Å²) in [6.45, 7) is 3.09. The van der Waals surface area contributed by atoms with Gasteiger partial charge in [0.25, 0.3) is 0 Å². The Labute approximate surface area is 195 Å². The van der Waals surface area contributed by atoms with Gasteiger partial charge in [0.2, 0.25) is 0 Å². The molecule has 6 heteroatoms. The fourth-order valence-electron chi connectivity index (χ4n) is 2.85. The van der Waals surface area contributed by atoms with E-state index in [9.17, 15) is 4.79 Å². The number of hydrogen-bond acceptors (Lipinski definition) is 4. The number of hydrogen-bond donors (Lipinski definition) is 2. The van der Waals surface area contributed by atoms with Gasteiger partial charge in [-0.1, -0.05) is 70.4 Å². The SMILES string of the molecule is Br.Br.CCCCCCCC/C=C\CCCCCCCC(=O)OCCC(N)CN. The molecule has 1 atom stereocenters. The highest BCUT2D eigenvalue weighted by atomic mass is 79.9. The third kappa shape index (κ3) is 26.1. The number of ether oxygens (including phenoxy) is 1. The van der Waals surface area contributed by atoms with Crippen molar-refractivity contribution < 1.29 is 9.53 Å². The first-order chi connectivity index (χ1) is 12.7. The third-order valence-electron chi connectivity index (χ3n) is 4.70. The normalized spacial score (nSPS) is 11.7. The van der Waals surface area contributed by atoms with E-state index in [2.05, 4.69) is 19.1 Å². The second-order valence-corrected chi connectivity index (χ2v) is 7.34. The van der Waals surface area contributed by atoms with E-state index in [-0.39, 0.29) is 46.0 Å². The van der Waals surface area contributed by atoms with Gasteiger partial charge in [0.05, 0.1) is 6.61 Å². The molecule has 170 valence electrons. The predicted molar refractivity (Wildman–Crippen MR) is 133 cm³/mol. The topological polar surface area (TPSA) is 78.3 Å². The van der Waals surface area contributed by atoms with Crippen LogP contribution in [0, 0.1) is 0 Å². The van der Waals surface area contributed by atoms with Crippen LogP contribution in [0.3, 0.4) is 0 Å². The number of unbranched alkanes of at least 4 members (excludes halogenated alkanes) is 11. The quantitative estimate of drug-likeness (QED) is 0.115. The molecule has 0 aliphatic heterocycles. The lowest BCUT2D eigenvalue weighted by molar-refractivity contribution is -0.143. The molecule has 28 heavy (non-hydrogen) atoms. The van der Waals surface area contributed by atoms with E-state index >= 15 is 0 Å². The van der Waals surface area contributed by atoms with Gasteiger partial charge in [-0.25, -0.2) is 0 Å². The Hall–Kier alpha value is 0.0900. The van der Waals surface area contributed by atoms with Crippen molar-refractivity contribution in [1.82, 2.24) is 0 Å². The standard InChI is InChI=1S/C22H44N2O2.2BrH/c1-2-3-4-5-6-7-8-9-10-11-12-13-14-15-16-17-22(25)26-19-18-21(24)20-23;;/h9-10,21H,2-8,11-20,23-24H2,1H3;2*1H/b10-9-;;. The van der Waals surface area contributed by atoms with Gasteiger partial charge in [0.1, 0.15) is 0 Å². The van der Waals surface area contributed by atoms with E-state index in [4.69, 9.17) is 16.2 Å². The maximum atomic E-state index is 11.5. The Morgan fingerprint density at radius 1 is 0.857 bits per heavy atom. The molecule has 0 aromatic rings. The summed E-state index contributed by atoms with van der Waals surface area (Å²) in [6.07, 6.45) is 22.3. The molecular weight excluding hydrogens is 484 g/mol. The van der Waals surface area contributed by atoms with Gasteiger partial charge in [-0.3, -0.25) is 4.79 Å². The summed E-state index contributed by atoms with van der Waals surface area (Å²) < 4.78 is 5.15. The molecule has 0 amide bonds. The zero-order valence-corrected chi connectivity index (χ0v) is 21.5.